The summed E-state index contributed by atoms with van der Waals surface area (Å²) in [5, 5.41) is 0. The second-order valence-corrected chi connectivity index (χ2v) is 7.15. The third kappa shape index (κ3) is 3.54. The lowest BCUT2D eigenvalue weighted by molar-refractivity contribution is -0.129. The van der Waals surface area contributed by atoms with Gasteiger partial charge < -0.3 is 14.2 Å². The quantitative estimate of drug-likeness (QED) is 0.685. The topological polar surface area (TPSA) is 47.4 Å². The van der Waals surface area contributed by atoms with Gasteiger partial charge in [0.25, 0.3) is 0 Å². The molecule has 0 unspecified atom stereocenters. The van der Waals surface area contributed by atoms with Crippen molar-refractivity contribution in [2.24, 2.45) is 0 Å². The van der Waals surface area contributed by atoms with E-state index >= 15 is 0 Å². The maximum atomic E-state index is 12.1. The van der Waals surface area contributed by atoms with E-state index in [1.807, 2.05) is 41.3 Å². The summed E-state index contributed by atoms with van der Waals surface area (Å²) in [6, 6.07) is 16.3. The molecule has 1 aliphatic rings. The predicted octanol–water partition coefficient (Wildman–Crippen LogP) is 4.11. The van der Waals surface area contributed by atoms with E-state index in [0.29, 0.717) is 13.2 Å². The van der Waals surface area contributed by atoms with Gasteiger partial charge in [0.05, 0.1) is 23.6 Å². The number of carbonyl (C=O) groups is 1. The van der Waals surface area contributed by atoms with Crippen LogP contribution in [0.4, 0.5) is 0 Å². The number of imidazole rings is 1. The van der Waals surface area contributed by atoms with Crippen molar-refractivity contribution in [3.63, 3.8) is 0 Å². The van der Waals surface area contributed by atoms with Gasteiger partial charge in [-0.3, -0.25) is 4.79 Å². The van der Waals surface area contributed by atoms with Crippen LogP contribution in [0.15, 0.2) is 48.5 Å². The fourth-order valence-electron chi connectivity index (χ4n) is 3.96. The molecule has 0 spiro atoms. The number of fused-ring (bicyclic) bond motifs is 1. The summed E-state index contributed by atoms with van der Waals surface area (Å²) in [6.07, 6.45) is 1.98. The molecule has 1 saturated heterocycles. The van der Waals surface area contributed by atoms with E-state index < -0.39 is 0 Å². The molecule has 0 saturated carbocycles. The highest BCUT2D eigenvalue weighted by molar-refractivity contribution is 5.77. The Morgan fingerprint density at radius 1 is 1.22 bits per heavy atom. The Bertz CT molecular complexity index is 963. The lowest BCUT2D eigenvalue weighted by Gasteiger charge is -2.24. The molecule has 2 aromatic carbocycles. The van der Waals surface area contributed by atoms with Crippen molar-refractivity contribution in [1.82, 2.24) is 14.5 Å². The second-order valence-electron chi connectivity index (χ2n) is 7.15. The summed E-state index contributed by atoms with van der Waals surface area (Å²) in [4.78, 5) is 18.9. The average molecular weight is 363 g/mol. The molecule has 5 heteroatoms. The molecule has 3 aromatic rings. The fraction of sp³-hybridized carbons (Fsp3) is 0.364. The van der Waals surface area contributed by atoms with Gasteiger partial charge in [0.2, 0.25) is 5.91 Å². The number of nitrogens with zero attached hydrogens (tertiary/aromatic N) is 3. The van der Waals surface area contributed by atoms with Crippen LogP contribution in [-0.4, -0.2) is 33.5 Å². The van der Waals surface area contributed by atoms with E-state index in [9.17, 15) is 4.79 Å². The van der Waals surface area contributed by atoms with Gasteiger partial charge in [0, 0.05) is 13.5 Å². The fourth-order valence-corrected chi connectivity index (χ4v) is 3.96. The third-order valence-electron chi connectivity index (χ3n) is 5.21. The third-order valence-corrected chi connectivity index (χ3v) is 5.21. The Morgan fingerprint density at radius 2 is 2.07 bits per heavy atom. The van der Waals surface area contributed by atoms with Gasteiger partial charge in [-0.1, -0.05) is 24.3 Å². The zero-order valence-corrected chi connectivity index (χ0v) is 15.9. The summed E-state index contributed by atoms with van der Waals surface area (Å²) in [6.45, 7) is 5.77. The molecule has 0 radical (unpaired) electrons. The molecule has 5 nitrogen and oxygen atoms in total. The summed E-state index contributed by atoms with van der Waals surface area (Å²) in [5.41, 5.74) is 3.25. The predicted molar refractivity (Wildman–Crippen MR) is 106 cm³/mol. The Hall–Kier alpha value is -2.82. The Labute approximate surface area is 159 Å². The van der Waals surface area contributed by atoms with Crippen LogP contribution in [0.25, 0.3) is 11.0 Å². The largest absolute Gasteiger partial charge is 0.492 e. The number of hydrogen-bond acceptors (Lipinski definition) is 3. The molecular formula is C22H25N3O2. The van der Waals surface area contributed by atoms with Crippen molar-refractivity contribution in [3.8, 4) is 5.75 Å². The van der Waals surface area contributed by atoms with Crippen molar-refractivity contribution < 1.29 is 9.53 Å². The maximum absolute atomic E-state index is 12.1. The Balaban J connectivity index is 1.61. The number of hydrogen-bond donors (Lipinski definition) is 0. The number of carbonyl (C=O) groups excluding carboxylic acids is 1. The molecule has 1 aromatic heterocycles. The molecule has 27 heavy (non-hydrogen) atoms. The standard InChI is InChI=1S/C22H25N3O2/c1-16-7-5-8-18(15-16)27-14-13-25-20-10-4-3-9-19(20)23-22(25)21-11-6-12-24(21)17(2)26/h3-5,7-10,15,21H,6,11-14H2,1-2H3/t21-/m0/s1. The molecule has 1 amide bonds. The Kier molecular flexibility index (Phi) is 4.84. The normalized spacial score (nSPS) is 16.8. The summed E-state index contributed by atoms with van der Waals surface area (Å²) in [7, 11) is 0. The minimum atomic E-state index is 0.0499. The highest BCUT2D eigenvalue weighted by atomic mass is 16.5. The highest BCUT2D eigenvalue weighted by Crippen LogP contribution is 2.33. The van der Waals surface area contributed by atoms with Crippen LogP contribution in [0, 0.1) is 6.92 Å². The number of likely N-dealkylation sites (tertiary alicyclic amines) is 1. The number of ether oxygens (including phenoxy) is 1. The van der Waals surface area contributed by atoms with Gasteiger partial charge in [0.1, 0.15) is 18.2 Å². The maximum Gasteiger partial charge on any atom is 0.220 e. The van der Waals surface area contributed by atoms with Crippen molar-refractivity contribution >= 4 is 16.9 Å². The summed E-state index contributed by atoms with van der Waals surface area (Å²) in [5.74, 6) is 1.97. The number of amides is 1. The van der Waals surface area contributed by atoms with Crippen molar-refractivity contribution in [2.45, 2.75) is 39.3 Å². The molecule has 0 N–H and O–H groups in total. The number of rotatable bonds is 5. The van der Waals surface area contributed by atoms with Gasteiger partial charge >= 0.3 is 0 Å². The van der Waals surface area contributed by atoms with E-state index in [1.54, 1.807) is 6.92 Å². The molecule has 140 valence electrons. The smallest absolute Gasteiger partial charge is 0.220 e. The van der Waals surface area contributed by atoms with E-state index in [-0.39, 0.29) is 11.9 Å². The first-order chi connectivity index (χ1) is 13.1. The molecule has 1 fully saturated rings. The van der Waals surface area contributed by atoms with Crippen LogP contribution in [0.2, 0.25) is 0 Å². The summed E-state index contributed by atoms with van der Waals surface area (Å²) >= 11 is 0. The Morgan fingerprint density at radius 3 is 2.89 bits per heavy atom. The number of aromatic nitrogens is 2. The van der Waals surface area contributed by atoms with Gasteiger partial charge in [-0.05, 0) is 49.6 Å². The number of para-hydroxylation sites is 2. The molecule has 0 aliphatic carbocycles. The molecule has 2 heterocycles. The van der Waals surface area contributed by atoms with Crippen LogP contribution in [-0.2, 0) is 11.3 Å². The van der Waals surface area contributed by atoms with Crippen LogP contribution in [0.5, 0.6) is 5.75 Å². The first-order valence-corrected chi connectivity index (χ1v) is 9.55. The van der Waals surface area contributed by atoms with Crippen LogP contribution >= 0.6 is 0 Å². The minimum Gasteiger partial charge on any atom is -0.492 e. The lowest BCUT2D eigenvalue weighted by atomic mass is 10.2. The zero-order chi connectivity index (χ0) is 18.8. The molecule has 4 rings (SSSR count). The average Bonchev–Trinajstić information content (AvgIpc) is 3.27. The van der Waals surface area contributed by atoms with Gasteiger partial charge in [0.15, 0.2) is 0 Å². The van der Waals surface area contributed by atoms with Gasteiger partial charge in [-0.2, -0.15) is 0 Å². The van der Waals surface area contributed by atoms with E-state index in [4.69, 9.17) is 9.72 Å². The molecule has 0 bridgehead atoms. The van der Waals surface area contributed by atoms with Crippen LogP contribution in [0.1, 0.15) is 37.2 Å². The summed E-state index contributed by atoms with van der Waals surface area (Å²) < 4.78 is 8.19. The number of aryl methyl sites for hydroxylation is 1. The van der Waals surface area contributed by atoms with E-state index in [1.165, 1.54) is 5.56 Å². The first kappa shape index (κ1) is 17.6. The van der Waals surface area contributed by atoms with Crippen LogP contribution < -0.4 is 4.74 Å². The minimum absolute atomic E-state index is 0.0499. The van der Waals surface area contributed by atoms with Crippen molar-refractivity contribution in [2.75, 3.05) is 13.2 Å². The SMILES string of the molecule is CC(=O)N1CCC[C@H]1c1nc2ccccc2n1CCOc1cccc(C)c1. The monoisotopic (exact) mass is 363 g/mol. The zero-order valence-electron chi connectivity index (χ0n) is 15.9. The van der Waals surface area contributed by atoms with Crippen molar-refractivity contribution in [3.05, 3.63) is 59.9 Å². The second kappa shape index (κ2) is 7.43. The number of benzene rings is 2. The lowest BCUT2D eigenvalue weighted by Crippen LogP contribution is -2.30. The molecule has 1 aliphatic heterocycles. The van der Waals surface area contributed by atoms with Crippen LogP contribution in [0.3, 0.4) is 0 Å². The van der Waals surface area contributed by atoms with E-state index in [0.717, 1.165) is 42.0 Å². The van der Waals surface area contributed by atoms with Crippen molar-refractivity contribution in [1.29, 1.82) is 0 Å². The first-order valence-electron chi connectivity index (χ1n) is 9.55. The highest BCUT2D eigenvalue weighted by Gasteiger charge is 2.32. The van der Waals surface area contributed by atoms with E-state index in [2.05, 4.69) is 23.6 Å². The molecule has 1 atom stereocenters. The molecular weight excluding hydrogens is 338 g/mol. The van der Waals surface area contributed by atoms with Gasteiger partial charge in [-0.25, -0.2) is 4.98 Å². The van der Waals surface area contributed by atoms with Gasteiger partial charge in [-0.15, -0.1) is 0 Å².